The Hall–Kier alpha value is -0.870. The average molecular weight is 299 g/mol. The van der Waals surface area contributed by atoms with Crippen molar-refractivity contribution in [1.82, 2.24) is 10.6 Å². The van der Waals surface area contributed by atoms with Crippen molar-refractivity contribution in [3.63, 3.8) is 0 Å². The largest absolute Gasteiger partial charge is 0.356 e. The smallest absolute Gasteiger partial charge is 0.220 e. The number of amides is 1. The maximum atomic E-state index is 11.4. The Labute approximate surface area is 111 Å². The van der Waals surface area contributed by atoms with Crippen LogP contribution in [0.2, 0.25) is 0 Å². The van der Waals surface area contributed by atoms with Gasteiger partial charge in [-0.15, -0.1) is 0 Å². The van der Waals surface area contributed by atoms with E-state index in [9.17, 15) is 4.79 Å². The molecule has 0 spiro atoms. The molecule has 4 heteroatoms. The zero-order chi connectivity index (χ0) is 12.5. The predicted octanol–water partition coefficient (Wildman–Crippen LogP) is 2.11. The fraction of sp³-hybridized carbons (Fsp3) is 0.462. The fourth-order valence-corrected chi connectivity index (χ4v) is 2.03. The molecule has 0 saturated heterocycles. The molecule has 3 nitrogen and oxygen atoms in total. The minimum atomic E-state index is 0.132. The maximum Gasteiger partial charge on any atom is 0.220 e. The molecule has 0 radical (unpaired) electrons. The summed E-state index contributed by atoms with van der Waals surface area (Å²) in [6.07, 6.45) is 2.34. The van der Waals surface area contributed by atoms with Crippen LogP contribution >= 0.6 is 15.9 Å². The van der Waals surface area contributed by atoms with Gasteiger partial charge < -0.3 is 10.6 Å². The summed E-state index contributed by atoms with van der Waals surface area (Å²) in [6, 6.07) is 8.08. The molecule has 0 aliphatic carbocycles. The summed E-state index contributed by atoms with van der Waals surface area (Å²) < 4.78 is 1.10. The quantitative estimate of drug-likeness (QED) is 0.757. The van der Waals surface area contributed by atoms with Crippen LogP contribution in [0.15, 0.2) is 28.7 Å². The third-order valence-electron chi connectivity index (χ3n) is 2.50. The van der Waals surface area contributed by atoms with Gasteiger partial charge in [-0.2, -0.15) is 0 Å². The van der Waals surface area contributed by atoms with E-state index in [1.165, 1.54) is 5.56 Å². The van der Waals surface area contributed by atoms with Gasteiger partial charge in [0.05, 0.1) is 0 Å². The van der Waals surface area contributed by atoms with E-state index in [-0.39, 0.29) is 5.91 Å². The third-order valence-corrected chi connectivity index (χ3v) is 3.28. The topological polar surface area (TPSA) is 41.1 Å². The van der Waals surface area contributed by atoms with E-state index in [4.69, 9.17) is 0 Å². The zero-order valence-electron chi connectivity index (χ0n) is 10.1. The molecule has 0 atom stereocenters. The number of halogens is 1. The number of carbonyl (C=O) groups excluding carboxylic acids is 1. The molecule has 0 aromatic heterocycles. The Morgan fingerprint density at radius 2 is 2.06 bits per heavy atom. The molecule has 1 aromatic carbocycles. The van der Waals surface area contributed by atoms with Crippen molar-refractivity contribution in [2.45, 2.75) is 19.3 Å². The minimum absolute atomic E-state index is 0.132. The highest BCUT2D eigenvalue weighted by molar-refractivity contribution is 9.10. The van der Waals surface area contributed by atoms with Gasteiger partial charge in [-0.1, -0.05) is 34.1 Å². The van der Waals surface area contributed by atoms with Gasteiger partial charge >= 0.3 is 0 Å². The van der Waals surface area contributed by atoms with Gasteiger partial charge in [0.1, 0.15) is 0 Å². The van der Waals surface area contributed by atoms with Crippen molar-refractivity contribution in [1.29, 1.82) is 0 Å². The Kier molecular flexibility index (Phi) is 6.89. The molecule has 0 aliphatic heterocycles. The lowest BCUT2D eigenvalue weighted by atomic mass is 10.1. The van der Waals surface area contributed by atoms with Crippen LogP contribution in [-0.2, 0) is 11.2 Å². The molecule has 2 N–H and O–H groups in total. The first-order valence-corrected chi connectivity index (χ1v) is 6.68. The summed E-state index contributed by atoms with van der Waals surface area (Å²) >= 11 is 3.49. The van der Waals surface area contributed by atoms with Gasteiger partial charge in [0.15, 0.2) is 0 Å². The van der Waals surface area contributed by atoms with Crippen LogP contribution in [0.25, 0.3) is 0 Å². The highest BCUT2D eigenvalue weighted by atomic mass is 79.9. The van der Waals surface area contributed by atoms with Crippen LogP contribution in [0.1, 0.15) is 18.4 Å². The third kappa shape index (κ3) is 5.84. The Balaban J connectivity index is 2.19. The summed E-state index contributed by atoms with van der Waals surface area (Å²) in [7, 11) is 1.89. The SMILES string of the molecule is CNCCCC(=O)NCCc1ccccc1Br. The number of hydrogen-bond acceptors (Lipinski definition) is 2. The van der Waals surface area contributed by atoms with Gasteiger partial charge in [-0.05, 0) is 38.1 Å². The molecule has 0 aliphatic rings. The van der Waals surface area contributed by atoms with Gasteiger partial charge in [-0.25, -0.2) is 0 Å². The first-order chi connectivity index (χ1) is 8.24. The number of hydrogen-bond donors (Lipinski definition) is 2. The maximum absolute atomic E-state index is 11.4. The van der Waals surface area contributed by atoms with Crippen molar-refractivity contribution in [2.75, 3.05) is 20.1 Å². The van der Waals surface area contributed by atoms with Crippen molar-refractivity contribution in [3.05, 3.63) is 34.3 Å². The molecule has 0 fully saturated rings. The summed E-state index contributed by atoms with van der Waals surface area (Å²) in [5, 5.41) is 5.96. The summed E-state index contributed by atoms with van der Waals surface area (Å²) in [5.41, 5.74) is 1.23. The first-order valence-electron chi connectivity index (χ1n) is 5.88. The van der Waals surface area contributed by atoms with E-state index in [0.29, 0.717) is 13.0 Å². The van der Waals surface area contributed by atoms with E-state index in [1.807, 2.05) is 25.2 Å². The standard InChI is InChI=1S/C13H19BrN2O/c1-15-9-4-7-13(17)16-10-8-11-5-2-3-6-12(11)14/h2-3,5-6,15H,4,7-10H2,1H3,(H,16,17). The molecular formula is C13H19BrN2O. The number of rotatable bonds is 7. The highest BCUT2D eigenvalue weighted by Crippen LogP contribution is 2.15. The molecule has 1 rings (SSSR count). The minimum Gasteiger partial charge on any atom is -0.356 e. The molecule has 1 amide bonds. The lowest BCUT2D eigenvalue weighted by Crippen LogP contribution is -2.26. The molecule has 0 saturated carbocycles. The van der Waals surface area contributed by atoms with E-state index < -0.39 is 0 Å². The van der Waals surface area contributed by atoms with Crippen molar-refractivity contribution >= 4 is 21.8 Å². The van der Waals surface area contributed by atoms with Gasteiger partial charge in [-0.3, -0.25) is 4.79 Å². The van der Waals surface area contributed by atoms with Crippen LogP contribution in [0.3, 0.4) is 0 Å². The molecular weight excluding hydrogens is 280 g/mol. The van der Waals surface area contributed by atoms with Crippen LogP contribution in [0, 0.1) is 0 Å². The second-order valence-electron chi connectivity index (χ2n) is 3.90. The van der Waals surface area contributed by atoms with E-state index in [0.717, 1.165) is 23.9 Å². The Morgan fingerprint density at radius 1 is 1.29 bits per heavy atom. The van der Waals surface area contributed by atoms with E-state index in [1.54, 1.807) is 0 Å². The molecule has 0 heterocycles. The van der Waals surface area contributed by atoms with Crippen molar-refractivity contribution in [3.8, 4) is 0 Å². The number of benzene rings is 1. The second kappa shape index (κ2) is 8.25. The fourth-order valence-electron chi connectivity index (χ4n) is 1.55. The first kappa shape index (κ1) is 14.2. The van der Waals surface area contributed by atoms with Gasteiger partial charge in [0.25, 0.3) is 0 Å². The van der Waals surface area contributed by atoms with Crippen molar-refractivity contribution < 1.29 is 4.79 Å². The summed E-state index contributed by atoms with van der Waals surface area (Å²) in [4.78, 5) is 11.4. The average Bonchev–Trinajstić information content (AvgIpc) is 2.32. The van der Waals surface area contributed by atoms with Gasteiger partial charge in [0.2, 0.25) is 5.91 Å². The Bertz CT molecular complexity index is 355. The van der Waals surface area contributed by atoms with E-state index >= 15 is 0 Å². The summed E-state index contributed by atoms with van der Waals surface area (Å²) in [6.45, 7) is 1.58. The van der Waals surface area contributed by atoms with E-state index in [2.05, 4.69) is 32.6 Å². The molecule has 94 valence electrons. The lowest BCUT2D eigenvalue weighted by Gasteiger charge is -2.06. The normalized spacial score (nSPS) is 10.2. The van der Waals surface area contributed by atoms with Crippen LogP contribution in [0.4, 0.5) is 0 Å². The highest BCUT2D eigenvalue weighted by Gasteiger charge is 2.01. The molecule has 1 aromatic rings. The zero-order valence-corrected chi connectivity index (χ0v) is 11.7. The van der Waals surface area contributed by atoms with Crippen LogP contribution in [0.5, 0.6) is 0 Å². The van der Waals surface area contributed by atoms with Crippen LogP contribution in [-0.4, -0.2) is 26.0 Å². The number of nitrogens with one attached hydrogen (secondary N) is 2. The second-order valence-corrected chi connectivity index (χ2v) is 4.75. The summed E-state index contributed by atoms with van der Waals surface area (Å²) in [5.74, 6) is 0.132. The molecule has 0 bridgehead atoms. The number of carbonyl (C=O) groups is 1. The predicted molar refractivity (Wildman–Crippen MR) is 74.0 cm³/mol. The van der Waals surface area contributed by atoms with Gasteiger partial charge in [0, 0.05) is 17.4 Å². The lowest BCUT2D eigenvalue weighted by molar-refractivity contribution is -0.121. The molecule has 0 unspecified atom stereocenters. The molecule has 17 heavy (non-hydrogen) atoms. The van der Waals surface area contributed by atoms with Crippen LogP contribution < -0.4 is 10.6 Å². The monoisotopic (exact) mass is 298 g/mol. The Morgan fingerprint density at radius 3 is 2.76 bits per heavy atom. The van der Waals surface area contributed by atoms with Crippen molar-refractivity contribution in [2.24, 2.45) is 0 Å².